The van der Waals surface area contributed by atoms with E-state index in [2.05, 4.69) is 6.08 Å². The van der Waals surface area contributed by atoms with Gasteiger partial charge in [-0.15, -0.1) is 11.3 Å². The van der Waals surface area contributed by atoms with Crippen molar-refractivity contribution >= 4 is 11.3 Å². The molecule has 0 spiro atoms. The summed E-state index contributed by atoms with van der Waals surface area (Å²) in [7, 11) is 0. The van der Waals surface area contributed by atoms with E-state index in [0.717, 1.165) is 18.8 Å². The van der Waals surface area contributed by atoms with Crippen LogP contribution in [0, 0.1) is 0 Å². The van der Waals surface area contributed by atoms with Gasteiger partial charge in [0.05, 0.1) is 12.6 Å². The van der Waals surface area contributed by atoms with Gasteiger partial charge in [0.1, 0.15) is 5.76 Å². The van der Waals surface area contributed by atoms with Crippen LogP contribution in [0.25, 0.3) is 0 Å². The molecular formula is C9H11NOS. The summed E-state index contributed by atoms with van der Waals surface area (Å²) in [6, 6.07) is 4.00. The molecule has 1 aliphatic rings. The van der Waals surface area contributed by atoms with Gasteiger partial charge in [-0.1, -0.05) is 6.07 Å². The van der Waals surface area contributed by atoms with Crippen molar-refractivity contribution in [3.8, 4) is 0 Å². The predicted octanol–water partition coefficient (Wildman–Crippen LogP) is 2.05. The molecule has 0 aliphatic carbocycles. The van der Waals surface area contributed by atoms with E-state index >= 15 is 0 Å². The minimum atomic E-state index is -0.0486. The van der Waals surface area contributed by atoms with Gasteiger partial charge in [0, 0.05) is 11.3 Å². The Morgan fingerprint density at radius 2 is 2.50 bits per heavy atom. The lowest BCUT2D eigenvalue weighted by molar-refractivity contribution is 0.226. The van der Waals surface area contributed by atoms with Crippen molar-refractivity contribution in [3.63, 3.8) is 0 Å². The number of hydrogen-bond donors (Lipinski definition) is 1. The predicted molar refractivity (Wildman–Crippen MR) is 49.9 cm³/mol. The first-order chi connectivity index (χ1) is 5.88. The van der Waals surface area contributed by atoms with Gasteiger partial charge < -0.3 is 10.5 Å². The van der Waals surface area contributed by atoms with E-state index in [-0.39, 0.29) is 6.04 Å². The quantitative estimate of drug-likeness (QED) is 0.758. The summed E-state index contributed by atoms with van der Waals surface area (Å²) >= 11 is 1.67. The highest BCUT2D eigenvalue weighted by Crippen LogP contribution is 2.26. The van der Waals surface area contributed by atoms with Crippen LogP contribution in [0.5, 0.6) is 0 Å². The minimum Gasteiger partial charge on any atom is -0.496 e. The zero-order valence-electron chi connectivity index (χ0n) is 6.69. The van der Waals surface area contributed by atoms with Crippen LogP contribution in [0.4, 0.5) is 0 Å². The van der Waals surface area contributed by atoms with Crippen molar-refractivity contribution in [1.29, 1.82) is 0 Å². The highest BCUT2D eigenvalue weighted by atomic mass is 32.1. The Balaban J connectivity index is 2.14. The number of hydrogen-bond acceptors (Lipinski definition) is 3. The average molecular weight is 181 g/mol. The third-order valence-electron chi connectivity index (χ3n) is 1.89. The fourth-order valence-electron chi connectivity index (χ4n) is 1.26. The number of rotatable bonds is 2. The maximum atomic E-state index is 5.96. The van der Waals surface area contributed by atoms with Gasteiger partial charge in [0.15, 0.2) is 0 Å². The van der Waals surface area contributed by atoms with Gasteiger partial charge in [-0.2, -0.15) is 0 Å². The normalized spacial score (nSPS) is 18.6. The van der Waals surface area contributed by atoms with E-state index in [9.17, 15) is 0 Å². The van der Waals surface area contributed by atoms with Crippen LogP contribution in [0.2, 0.25) is 0 Å². The Bertz CT molecular complexity index is 279. The summed E-state index contributed by atoms with van der Waals surface area (Å²) < 4.78 is 5.38. The molecule has 1 unspecified atom stereocenters. The Hall–Kier alpha value is -0.800. The minimum absolute atomic E-state index is 0.0486. The lowest BCUT2D eigenvalue weighted by atomic mass is 10.2. The topological polar surface area (TPSA) is 35.2 Å². The highest BCUT2D eigenvalue weighted by molar-refractivity contribution is 7.10. The standard InChI is InChI=1S/C9H11NOS/c10-9(7-3-1-5-11-7)8-4-2-6-12-8/h2-4,6,9H,1,5,10H2. The van der Waals surface area contributed by atoms with Gasteiger partial charge in [0.25, 0.3) is 0 Å². The molecule has 0 amide bonds. The van der Waals surface area contributed by atoms with Gasteiger partial charge in [-0.25, -0.2) is 0 Å². The number of thiophene rings is 1. The average Bonchev–Trinajstić information content (AvgIpc) is 2.77. The van der Waals surface area contributed by atoms with Crippen LogP contribution in [-0.2, 0) is 4.74 Å². The van der Waals surface area contributed by atoms with E-state index in [4.69, 9.17) is 10.5 Å². The van der Waals surface area contributed by atoms with Gasteiger partial charge in [0.2, 0.25) is 0 Å². The van der Waals surface area contributed by atoms with Gasteiger partial charge >= 0.3 is 0 Å². The Labute approximate surface area is 75.7 Å². The molecule has 0 aromatic carbocycles. The van der Waals surface area contributed by atoms with Crippen molar-refractivity contribution in [2.24, 2.45) is 5.73 Å². The summed E-state index contributed by atoms with van der Waals surface area (Å²) in [5, 5.41) is 2.03. The molecule has 12 heavy (non-hydrogen) atoms. The number of ether oxygens (including phenoxy) is 1. The lowest BCUT2D eigenvalue weighted by Gasteiger charge is -2.10. The Kier molecular flexibility index (Phi) is 2.15. The second-order valence-electron chi connectivity index (χ2n) is 2.74. The maximum absolute atomic E-state index is 5.96. The first kappa shape index (κ1) is 7.83. The van der Waals surface area contributed by atoms with Gasteiger partial charge in [-0.3, -0.25) is 0 Å². The molecule has 0 radical (unpaired) electrons. The first-order valence-corrected chi connectivity index (χ1v) is 4.88. The molecule has 0 fully saturated rings. The molecule has 64 valence electrons. The monoisotopic (exact) mass is 181 g/mol. The van der Waals surface area contributed by atoms with Crippen LogP contribution in [-0.4, -0.2) is 6.61 Å². The number of nitrogens with two attached hydrogens (primary N) is 1. The van der Waals surface area contributed by atoms with E-state index in [1.165, 1.54) is 4.88 Å². The zero-order chi connectivity index (χ0) is 8.39. The lowest BCUT2D eigenvalue weighted by Crippen LogP contribution is -2.11. The van der Waals surface area contributed by atoms with Crippen LogP contribution in [0.3, 0.4) is 0 Å². The summed E-state index contributed by atoms with van der Waals surface area (Å²) in [6.45, 7) is 0.786. The highest BCUT2D eigenvalue weighted by Gasteiger charge is 2.16. The maximum Gasteiger partial charge on any atom is 0.114 e. The Morgan fingerprint density at radius 3 is 3.08 bits per heavy atom. The van der Waals surface area contributed by atoms with Gasteiger partial charge in [-0.05, 0) is 17.5 Å². The second kappa shape index (κ2) is 3.29. The fraction of sp³-hybridized carbons (Fsp3) is 0.333. The molecule has 0 saturated heterocycles. The molecule has 0 saturated carbocycles. The molecule has 2 nitrogen and oxygen atoms in total. The van der Waals surface area contributed by atoms with Crippen LogP contribution < -0.4 is 5.73 Å². The molecular weight excluding hydrogens is 170 g/mol. The Morgan fingerprint density at radius 1 is 1.58 bits per heavy atom. The van der Waals surface area contributed by atoms with E-state index in [1.54, 1.807) is 11.3 Å². The van der Waals surface area contributed by atoms with E-state index in [0.29, 0.717) is 0 Å². The molecule has 1 aromatic rings. The molecule has 1 aliphatic heterocycles. The zero-order valence-corrected chi connectivity index (χ0v) is 7.51. The third kappa shape index (κ3) is 1.38. The SMILES string of the molecule is NC(C1=CCCO1)c1cccs1. The van der Waals surface area contributed by atoms with Crippen LogP contribution in [0.15, 0.2) is 29.3 Å². The second-order valence-corrected chi connectivity index (χ2v) is 3.72. The summed E-state index contributed by atoms with van der Waals surface area (Å²) in [5.74, 6) is 0.928. The van der Waals surface area contributed by atoms with E-state index < -0.39 is 0 Å². The first-order valence-electron chi connectivity index (χ1n) is 4.00. The molecule has 1 aromatic heterocycles. The van der Waals surface area contributed by atoms with Crippen molar-refractivity contribution in [1.82, 2.24) is 0 Å². The molecule has 0 bridgehead atoms. The summed E-state index contributed by atoms with van der Waals surface area (Å²) in [6.07, 6.45) is 3.07. The van der Waals surface area contributed by atoms with Crippen LogP contribution in [0.1, 0.15) is 17.3 Å². The van der Waals surface area contributed by atoms with E-state index in [1.807, 2.05) is 17.5 Å². The van der Waals surface area contributed by atoms with Crippen molar-refractivity contribution in [2.75, 3.05) is 6.61 Å². The molecule has 2 N–H and O–H groups in total. The third-order valence-corrected chi connectivity index (χ3v) is 2.84. The fourth-order valence-corrected chi connectivity index (χ4v) is 2.00. The summed E-state index contributed by atoms with van der Waals surface area (Å²) in [4.78, 5) is 1.17. The molecule has 2 heterocycles. The van der Waals surface area contributed by atoms with Crippen molar-refractivity contribution in [2.45, 2.75) is 12.5 Å². The van der Waals surface area contributed by atoms with Crippen molar-refractivity contribution in [3.05, 3.63) is 34.2 Å². The summed E-state index contributed by atoms with van der Waals surface area (Å²) in [5.41, 5.74) is 5.96. The smallest absolute Gasteiger partial charge is 0.114 e. The molecule has 2 rings (SSSR count). The van der Waals surface area contributed by atoms with Crippen molar-refractivity contribution < 1.29 is 4.74 Å². The molecule has 1 atom stereocenters. The van der Waals surface area contributed by atoms with Crippen LogP contribution >= 0.6 is 11.3 Å². The largest absolute Gasteiger partial charge is 0.496 e. The molecule has 3 heteroatoms.